The number of ether oxygens (including phenoxy) is 2. The van der Waals surface area contributed by atoms with E-state index in [1.165, 1.54) is 5.00 Å². The van der Waals surface area contributed by atoms with Gasteiger partial charge in [-0.15, -0.1) is 11.3 Å². The molecular weight excluding hydrogens is 448 g/mol. The molecule has 0 atom stereocenters. The Morgan fingerprint density at radius 1 is 1.09 bits per heavy atom. The van der Waals surface area contributed by atoms with E-state index in [9.17, 15) is 4.79 Å². The van der Waals surface area contributed by atoms with Crippen LogP contribution in [0.2, 0.25) is 0 Å². The molecule has 2 aromatic carbocycles. The molecule has 4 aromatic rings. The first-order chi connectivity index (χ1) is 16.8. The third-order valence-corrected chi connectivity index (χ3v) is 6.58. The normalized spacial score (nSPS) is 13.9. The molecule has 0 aliphatic carbocycles. The van der Waals surface area contributed by atoms with E-state index in [0.29, 0.717) is 12.2 Å². The van der Waals surface area contributed by atoms with E-state index < -0.39 is 0 Å². The lowest BCUT2D eigenvalue weighted by atomic mass is 10.1. The number of aromatic nitrogens is 1. The molecule has 3 heterocycles. The van der Waals surface area contributed by atoms with E-state index >= 15 is 0 Å². The van der Waals surface area contributed by atoms with Crippen molar-refractivity contribution in [2.45, 2.75) is 6.61 Å². The van der Waals surface area contributed by atoms with Gasteiger partial charge in [0, 0.05) is 35.1 Å². The molecule has 34 heavy (non-hydrogen) atoms. The molecule has 1 aliphatic heterocycles. The molecule has 1 amide bonds. The van der Waals surface area contributed by atoms with Crippen molar-refractivity contribution < 1.29 is 14.3 Å². The molecule has 7 nitrogen and oxygen atoms in total. The van der Waals surface area contributed by atoms with Crippen LogP contribution in [-0.2, 0) is 11.3 Å². The van der Waals surface area contributed by atoms with E-state index in [1.54, 1.807) is 35.9 Å². The number of morpholine rings is 1. The van der Waals surface area contributed by atoms with Crippen LogP contribution in [-0.4, -0.2) is 43.4 Å². The summed E-state index contributed by atoms with van der Waals surface area (Å²) in [5.41, 5.74) is 4.93. The highest BCUT2D eigenvalue weighted by Crippen LogP contribution is 2.26. The molecule has 172 valence electrons. The molecule has 0 bridgehead atoms. The number of pyridine rings is 1. The minimum absolute atomic E-state index is 0.257. The maximum absolute atomic E-state index is 12.4. The summed E-state index contributed by atoms with van der Waals surface area (Å²) in [4.78, 5) is 20.1. The lowest BCUT2D eigenvalue weighted by Crippen LogP contribution is -2.35. The average Bonchev–Trinajstić information content (AvgIpc) is 3.37. The van der Waals surface area contributed by atoms with Gasteiger partial charge in [-0.1, -0.05) is 30.3 Å². The second-order valence-corrected chi connectivity index (χ2v) is 8.89. The second kappa shape index (κ2) is 10.5. The number of fused-ring (bicyclic) bond motifs is 1. The summed E-state index contributed by atoms with van der Waals surface area (Å²) < 4.78 is 11.4. The second-order valence-electron chi connectivity index (χ2n) is 7.79. The molecular formula is C26H24N4O3S. The van der Waals surface area contributed by atoms with Crippen molar-refractivity contribution in [2.24, 2.45) is 5.10 Å². The standard InChI is InChI=1S/C26H24N4O3S/c31-26(29-28-17-22-10-11-24(34-22)30-13-15-32-16-14-30)21-8-6-19(7-9-21)18-33-23-5-1-3-20-4-2-12-27-25(20)23/h1-12,17H,13-16,18H2,(H,29,31)/b28-17+. The molecule has 1 saturated heterocycles. The van der Waals surface area contributed by atoms with Crippen molar-refractivity contribution in [3.8, 4) is 5.75 Å². The number of carbonyl (C=O) groups is 1. The summed E-state index contributed by atoms with van der Waals surface area (Å²) >= 11 is 1.64. The van der Waals surface area contributed by atoms with Crippen LogP contribution in [0.1, 0.15) is 20.8 Å². The summed E-state index contributed by atoms with van der Waals surface area (Å²) in [6.45, 7) is 3.69. The van der Waals surface area contributed by atoms with Crippen molar-refractivity contribution >= 4 is 39.4 Å². The lowest BCUT2D eigenvalue weighted by Gasteiger charge is -2.27. The molecule has 0 saturated carbocycles. The number of nitrogens with one attached hydrogen (secondary N) is 1. The maximum Gasteiger partial charge on any atom is 0.271 e. The third-order valence-electron chi connectivity index (χ3n) is 5.50. The zero-order valence-electron chi connectivity index (χ0n) is 18.5. The maximum atomic E-state index is 12.4. The van der Waals surface area contributed by atoms with Crippen molar-refractivity contribution in [3.05, 3.63) is 88.9 Å². The van der Waals surface area contributed by atoms with Gasteiger partial charge in [0.05, 0.1) is 24.4 Å². The predicted octanol–water partition coefficient (Wildman–Crippen LogP) is 4.48. The van der Waals surface area contributed by atoms with Crippen LogP contribution in [0.5, 0.6) is 5.75 Å². The van der Waals surface area contributed by atoms with Crippen LogP contribution in [0.15, 0.2) is 78.0 Å². The smallest absolute Gasteiger partial charge is 0.271 e. The number of carbonyl (C=O) groups excluding carboxylic acids is 1. The van der Waals surface area contributed by atoms with Gasteiger partial charge in [0.2, 0.25) is 0 Å². The highest BCUT2D eigenvalue weighted by atomic mass is 32.1. The molecule has 2 aromatic heterocycles. The van der Waals surface area contributed by atoms with E-state index in [1.807, 2.05) is 48.5 Å². The molecule has 5 rings (SSSR count). The van der Waals surface area contributed by atoms with E-state index in [4.69, 9.17) is 9.47 Å². The van der Waals surface area contributed by atoms with Crippen LogP contribution in [0, 0.1) is 0 Å². The minimum Gasteiger partial charge on any atom is -0.487 e. The van der Waals surface area contributed by atoms with Crippen LogP contribution in [0.4, 0.5) is 5.00 Å². The zero-order chi connectivity index (χ0) is 23.2. The van der Waals surface area contributed by atoms with Gasteiger partial charge in [-0.2, -0.15) is 5.10 Å². The number of rotatable bonds is 7. The quantitative estimate of drug-likeness (QED) is 0.317. The van der Waals surface area contributed by atoms with E-state index in [-0.39, 0.29) is 5.91 Å². The summed E-state index contributed by atoms with van der Waals surface area (Å²) in [7, 11) is 0. The molecule has 1 N–H and O–H groups in total. The first-order valence-electron chi connectivity index (χ1n) is 11.1. The number of para-hydroxylation sites is 1. The number of amides is 1. The van der Waals surface area contributed by atoms with Gasteiger partial charge in [-0.05, 0) is 42.0 Å². The Bertz CT molecular complexity index is 1290. The van der Waals surface area contributed by atoms with Crippen LogP contribution < -0.4 is 15.1 Å². The van der Waals surface area contributed by atoms with Crippen molar-refractivity contribution in [3.63, 3.8) is 0 Å². The number of hydrazone groups is 1. The van der Waals surface area contributed by atoms with Crippen LogP contribution in [0.25, 0.3) is 10.9 Å². The number of nitrogens with zero attached hydrogens (tertiary/aromatic N) is 3. The summed E-state index contributed by atoms with van der Waals surface area (Å²) in [6, 6.07) is 21.2. The fraction of sp³-hybridized carbons (Fsp3) is 0.192. The molecule has 0 unspecified atom stereocenters. The minimum atomic E-state index is -0.257. The number of hydrogen-bond acceptors (Lipinski definition) is 7. The molecule has 1 aliphatic rings. The molecule has 1 fully saturated rings. The monoisotopic (exact) mass is 472 g/mol. The van der Waals surface area contributed by atoms with Gasteiger partial charge in [0.15, 0.2) is 0 Å². The molecule has 0 radical (unpaired) electrons. The largest absolute Gasteiger partial charge is 0.487 e. The lowest BCUT2D eigenvalue weighted by molar-refractivity contribution is 0.0955. The van der Waals surface area contributed by atoms with E-state index in [0.717, 1.165) is 53.4 Å². The molecule has 0 spiro atoms. The summed E-state index contributed by atoms with van der Waals surface area (Å²) in [5.74, 6) is 0.478. The highest BCUT2D eigenvalue weighted by Gasteiger charge is 2.13. The summed E-state index contributed by atoms with van der Waals surface area (Å²) in [6.07, 6.45) is 3.43. The number of benzene rings is 2. The first-order valence-corrected chi connectivity index (χ1v) is 11.9. The zero-order valence-corrected chi connectivity index (χ0v) is 19.3. The van der Waals surface area contributed by atoms with E-state index in [2.05, 4.69) is 26.5 Å². The average molecular weight is 473 g/mol. The van der Waals surface area contributed by atoms with Crippen molar-refractivity contribution in [2.75, 3.05) is 31.2 Å². The Kier molecular flexibility index (Phi) is 6.78. The Morgan fingerprint density at radius 2 is 1.91 bits per heavy atom. The first kappa shape index (κ1) is 22.1. The van der Waals surface area contributed by atoms with Gasteiger partial charge in [0.1, 0.15) is 17.9 Å². The molecule has 8 heteroatoms. The van der Waals surface area contributed by atoms with Crippen molar-refractivity contribution in [1.29, 1.82) is 0 Å². The SMILES string of the molecule is O=C(N/N=C/c1ccc(N2CCOCC2)s1)c1ccc(COc2cccc3cccnc23)cc1. The fourth-order valence-electron chi connectivity index (χ4n) is 3.69. The highest BCUT2D eigenvalue weighted by molar-refractivity contribution is 7.17. The topological polar surface area (TPSA) is 76.1 Å². The Hall–Kier alpha value is -3.75. The van der Waals surface area contributed by atoms with Crippen LogP contribution >= 0.6 is 11.3 Å². The van der Waals surface area contributed by atoms with Crippen LogP contribution in [0.3, 0.4) is 0 Å². The van der Waals surface area contributed by atoms with Gasteiger partial charge in [0.25, 0.3) is 5.91 Å². The van der Waals surface area contributed by atoms with Gasteiger partial charge >= 0.3 is 0 Å². The number of hydrogen-bond donors (Lipinski definition) is 1. The van der Waals surface area contributed by atoms with Gasteiger partial charge < -0.3 is 14.4 Å². The van der Waals surface area contributed by atoms with Gasteiger partial charge in [-0.25, -0.2) is 5.43 Å². The Labute approximate surface area is 201 Å². The summed E-state index contributed by atoms with van der Waals surface area (Å²) in [5, 5.41) is 6.34. The Balaban J connectivity index is 1.14. The Morgan fingerprint density at radius 3 is 2.76 bits per heavy atom. The predicted molar refractivity (Wildman–Crippen MR) is 135 cm³/mol. The third kappa shape index (κ3) is 5.24. The van der Waals surface area contributed by atoms with Gasteiger partial charge in [-0.3, -0.25) is 9.78 Å². The number of anilines is 1. The number of thiophene rings is 1. The van der Waals surface area contributed by atoms with Crippen molar-refractivity contribution in [1.82, 2.24) is 10.4 Å². The fourth-order valence-corrected chi connectivity index (χ4v) is 4.62.